The van der Waals surface area contributed by atoms with Crippen LogP contribution in [0.4, 0.5) is 0 Å². The van der Waals surface area contributed by atoms with Crippen LogP contribution in [0.25, 0.3) is 0 Å². The van der Waals surface area contributed by atoms with Gasteiger partial charge in [0.2, 0.25) is 0 Å². The maximum atomic E-state index is 10.3. The number of benzene rings is 1. The van der Waals surface area contributed by atoms with E-state index < -0.39 is 6.10 Å². The fourth-order valence-electron chi connectivity index (χ4n) is 2.69. The van der Waals surface area contributed by atoms with Crippen LogP contribution in [-0.2, 0) is 7.05 Å². The maximum absolute atomic E-state index is 10.3. The van der Waals surface area contributed by atoms with Crippen LogP contribution in [0.3, 0.4) is 0 Å². The van der Waals surface area contributed by atoms with Crippen molar-refractivity contribution >= 4 is 0 Å². The van der Waals surface area contributed by atoms with Crippen LogP contribution in [0.1, 0.15) is 41.0 Å². The third-order valence-electron chi connectivity index (χ3n) is 3.63. The summed E-state index contributed by atoms with van der Waals surface area (Å²) in [5.74, 6) is 0.776. The number of aromatic nitrogens is 2. The summed E-state index contributed by atoms with van der Waals surface area (Å²) in [5.41, 5.74) is 4.03. The first-order chi connectivity index (χ1) is 9.04. The lowest BCUT2D eigenvalue weighted by atomic mass is 9.94. The number of hydrogen-bond donors (Lipinski definition) is 1. The number of rotatable bonds is 1. The average Bonchev–Trinajstić information content (AvgIpc) is 2.69. The van der Waals surface area contributed by atoms with E-state index in [1.807, 2.05) is 45.3 Å². The highest BCUT2D eigenvalue weighted by atomic mass is 16.5. The lowest BCUT2D eigenvalue weighted by Crippen LogP contribution is -2.19. The van der Waals surface area contributed by atoms with Gasteiger partial charge in [-0.15, -0.1) is 0 Å². The molecule has 1 aliphatic heterocycles. The molecule has 2 aromatic rings. The van der Waals surface area contributed by atoms with Gasteiger partial charge in [0.25, 0.3) is 0 Å². The summed E-state index contributed by atoms with van der Waals surface area (Å²) in [6, 6.07) is 5.93. The quantitative estimate of drug-likeness (QED) is 0.855. The largest absolute Gasteiger partial charge is 0.485 e. The molecule has 2 atom stereocenters. The van der Waals surface area contributed by atoms with E-state index in [-0.39, 0.29) is 6.10 Å². The molecule has 0 bridgehead atoms. The highest BCUT2D eigenvalue weighted by molar-refractivity contribution is 5.41. The standard InChI is InChI=1S/C15H18N2O2/c1-9-4-5-14-11(6-9)13(18)7-15(19-14)12-8-17(3)16-10(12)2/h4-6,8,13,15,18H,7H2,1-3H3/t13-,15?/m1/s1. The van der Waals surface area contributed by atoms with Gasteiger partial charge in [-0.25, -0.2) is 0 Å². The van der Waals surface area contributed by atoms with E-state index >= 15 is 0 Å². The Labute approximate surface area is 112 Å². The topological polar surface area (TPSA) is 47.3 Å². The first-order valence-corrected chi connectivity index (χ1v) is 6.50. The van der Waals surface area contributed by atoms with Crippen molar-refractivity contribution in [3.8, 4) is 5.75 Å². The molecular weight excluding hydrogens is 240 g/mol. The summed E-state index contributed by atoms with van der Waals surface area (Å²) in [6.45, 7) is 3.99. The zero-order valence-electron chi connectivity index (χ0n) is 11.4. The number of nitrogens with zero attached hydrogens (tertiary/aromatic N) is 2. The molecule has 0 saturated heterocycles. The van der Waals surface area contributed by atoms with Crippen molar-refractivity contribution in [1.29, 1.82) is 0 Å². The molecule has 0 amide bonds. The van der Waals surface area contributed by atoms with Crippen LogP contribution in [0.5, 0.6) is 5.75 Å². The second-order valence-corrected chi connectivity index (χ2v) is 5.24. The van der Waals surface area contributed by atoms with E-state index in [2.05, 4.69) is 5.10 Å². The molecule has 1 aliphatic rings. The van der Waals surface area contributed by atoms with Gasteiger partial charge in [0.15, 0.2) is 0 Å². The molecule has 1 unspecified atom stereocenters. The molecule has 0 saturated carbocycles. The van der Waals surface area contributed by atoms with Crippen molar-refractivity contribution in [2.24, 2.45) is 7.05 Å². The number of fused-ring (bicyclic) bond motifs is 1. The summed E-state index contributed by atoms with van der Waals surface area (Å²) >= 11 is 0. The zero-order chi connectivity index (χ0) is 13.6. The molecule has 1 aromatic carbocycles. The van der Waals surface area contributed by atoms with Crippen molar-refractivity contribution in [2.75, 3.05) is 0 Å². The van der Waals surface area contributed by atoms with Crippen LogP contribution < -0.4 is 4.74 Å². The third-order valence-corrected chi connectivity index (χ3v) is 3.63. The number of aryl methyl sites for hydroxylation is 3. The van der Waals surface area contributed by atoms with Gasteiger partial charge in [-0.2, -0.15) is 5.10 Å². The molecule has 1 N–H and O–H groups in total. The average molecular weight is 258 g/mol. The highest BCUT2D eigenvalue weighted by Gasteiger charge is 2.29. The zero-order valence-corrected chi connectivity index (χ0v) is 11.4. The van der Waals surface area contributed by atoms with Crippen LogP contribution in [0.2, 0.25) is 0 Å². The van der Waals surface area contributed by atoms with E-state index in [1.54, 1.807) is 4.68 Å². The molecule has 2 heterocycles. The van der Waals surface area contributed by atoms with Crippen molar-refractivity contribution in [1.82, 2.24) is 9.78 Å². The molecule has 0 fully saturated rings. The van der Waals surface area contributed by atoms with E-state index in [4.69, 9.17) is 4.74 Å². The molecule has 3 rings (SSSR count). The predicted octanol–water partition coefficient (Wildman–Crippen LogP) is 2.59. The summed E-state index contributed by atoms with van der Waals surface area (Å²) < 4.78 is 7.81. The normalized spacial score (nSPS) is 21.9. The Morgan fingerprint density at radius 1 is 1.32 bits per heavy atom. The first-order valence-electron chi connectivity index (χ1n) is 6.50. The SMILES string of the molecule is Cc1ccc2c(c1)[C@H](O)CC(c1cn(C)nc1C)O2. The van der Waals surface area contributed by atoms with E-state index in [0.29, 0.717) is 6.42 Å². The van der Waals surface area contributed by atoms with Crippen molar-refractivity contribution in [3.05, 3.63) is 46.8 Å². The fourth-order valence-corrected chi connectivity index (χ4v) is 2.69. The minimum atomic E-state index is -0.478. The Hall–Kier alpha value is -1.81. The molecule has 4 heteroatoms. The van der Waals surface area contributed by atoms with Gasteiger partial charge in [0.1, 0.15) is 11.9 Å². The minimum Gasteiger partial charge on any atom is -0.485 e. The first kappa shape index (κ1) is 12.2. The fraction of sp³-hybridized carbons (Fsp3) is 0.400. The number of aliphatic hydroxyl groups excluding tert-OH is 1. The van der Waals surface area contributed by atoms with Crippen LogP contribution in [-0.4, -0.2) is 14.9 Å². The van der Waals surface area contributed by atoms with Gasteiger partial charge in [-0.3, -0.25) is 4.68 Å². The summed E-state index contributed by atoms with van der Waals surface area (Å²) in [5, 5.41) is 14.6. The Morgan fingerprint density at radius 3 is 2.79 bits per heavy atom. The highest BCUT2D eigenvalue weighted by Crippen LogP contribution is 2.41. The lowest BCUT2D eigenvalue weighted by Gasteiger charge is -2.29. The Kier molecular flexibility index (Phi) is 2.82. The summed E-state index contributed by atoms with van der Waals surface area (Å²) in [7, 11) is 1.90. The Balaban J connectivity index is 1.97. The number of ether oxygens (including phenoxy) is 1. The molecule has 0 spiro atoms. The van der Waals surface area contributed by atoms with Crippen molar-refractivity contribution in [3.63, 3.8) is 0 Å². The lowest BCUT2D eigenvalue weighted by molar-refractivity contribution is 0.0654. The maximum Gasteiger partial charge on any atom is 0.130 e. The second-order valence-electron chi connectivity index (χ2n) is 5.24. The predicted molar refractivity (Wildman–Crippen MR) is 72.1 cm³/mol. The van der Waals surface area contributed by atoms with Gasteiger partial charge in [0, 0.05) is 30.8 Å². The summed E-state index contributed by atoms with van der Waals surface area (Å²) in [4.78, 5) is 0. The number of hydrogen-bond acceptors (Lipinski definition) is 3. The third kappa shape index (κ3) is 2.12. The molecule has 0 aliphatic carbocycles. The molecule has 19 heavy (non-hydrogen) atoms. The smallest absolute Gasteiger partial charge is 0.130 e. The molecular formula is C15H18N2O2. The molecule has 1 aromatic heterocycles. The van der Waals surface area contributed by atoms with Crippen molar-refractivity contribution < 1.29 is 9.84 Å². The van der Waals surface area contributed by atoms with Crippen LogP contribution in [0, 0.1) is 13.8 Å². The van der Waals surface area contributed by atoms with Crippen molar-refractivity contribution in [2.45, 2.75) is 32.5 Å². The Bertz CT molecular complexity index is 619. The van der Waals surface area contributed by atoms with E-state index in [9.17, 15) is 5.11 Å². The van der Waals surface area contributed by atoms with E-state index in [0.717, 1.165) is 28.1 Å². The van der Waals surface area contributed by atoms with Gasteiger partial charge in [0.05, 0.1) is 11.8 Å². The van der Waals surface area contributed by atoms with Gasteiger partial charge in [-0.1, -0.05) is 11.6 Å². The number of aliphatic hydroxyl groups is 1. The summed E-state index contributed by atoms with van der Waals surface area (Å²) in [6.07, 6.45) is 1.93. The Morgan fingerprint density at radius 2 is 2.11 bits per heavy atom. The molecule has 100 valence electrons. The van der Waals surface area contributed by atoms with E-state index in [1.165, 1.54) is 0 Å². The van der Waals surface area contributed by atoms with Gasteiger partial charge < -0.3 is 9.84 Å². The minimum absolute atomic E-state index is 0.126. The molecule has 0 radical (unpaired) electrons. The van der Waals surface area contributed by atoms with Crippen LogP contribution in [0.15, 0.2) is 24.4 Å². The second kappa shape index (κ2) is 4.38. The van der Waals surface area contributed by atoms with Crippen LogP contribution >= 0.6 is 0 Å². The van der Waals surface area contributed by atoms with Gasteiger partial charge in [-0.05, 0) is 26.0 Å². The monoisotopic (exact) mass is 258 g/mol. The van der Waals surface area contributed by atoms with Gasteiger partial charge >= 0.3 is 0 Å². The molecule has 4 nitrogen and oxygen atoms in total.